The van der Waals surface area contributed by atoms with Gasteiger partial charge >= 0.3 is 5.97 Å². The molecular weight excluding hydrogens is 322 g/mol. The van der Waals surface area contributed by atoms with Crippen LogP contribution in [-0.2, 0) is 19.6 Å². The van der Waals surface area contributed by atoms with E-state index >= 15 is 0 Å². The maximum atomic E-state index is 12.8. The quantitative estimate of drug-likeness (QED) is 0.800. The molecule has 2 rings (SSSR count). The highest BCUT2D eigenvalue weighted by atomic mass is 32.2. The van der Waals surface area contributed by atoms with Gasteiger partial charge in [0.05, 0.1) is 18.1 Å². The van der Waals surface area contributed by atoms with Gasteiger partial charge in [0.2, 0.25) is 10.0 Å². The number of carboxylic acid groups (broad SMARTS) is 1. The summed E-state index contributed by atoms with van der Waals surface area (Å²) in [6, 6.07) is 7.11. The molecule has 0 atom stereocenters. The van der Waals surface area contributed by atoms with Gasteiger partial charge in [-0.3, -0.25) is 4.79 Å². The number of carbonyl (C=O) groups is 1. The molecule has 0 aliphatic carbocycles. The van der Waals surface area contributed by atoms with Crippen LogP contribution in [0.2, 0.25) is 0 Å². The number of nitrogens with zero attached hydrogens (tertiary/aromatic N) is 1. The third-order valence-electron chi connectivity index (χ3n) is 3.37. The second kappa shape index (κ2) is 7.58. The fourth-order valence-corrected chi connectivity index (χ4v) is 3.78. The summed E-state index contributed by atoms with van der Waals surface area (Å²) in [4.78, 5) is 11.1. The predicted molar refractivity (Wildman–Crippen MR) is 84.5 cm³/mol. The molecule has 0 amide bonds. The zero-order chi connectivity index (χ0) is 16.9. The molecule has 0 radical (unpaired) electrons. The standard InChI is InChI=1S/C15H19NO6S/c1-21-9-7-16(11-15(17)18)23(19,20)13-6-8-22-14-5-3-2-4-12(14)10-13/h2-5,10H,6-9,11H2,1H3,(H,17,18). The van der Waals surface area contributed by atoms with Crippen LogP contribution >= 0.6 is 0 Å². The molecular formula is C15H19NO6S. The molecule has 0 spiro atoms. The van der Waals surface area contributed by atoms with E-state index in [2.05, 4.69) is 0 Å². The summed E-state index contributed by atoms with van der Waals surface area (Å²) < 4.78 is 36.9. The number of aliphatic carboxylic acids is 1. The van der Waals surface area contributed by atoms with Crippen molar-refractivity contribution in [3.05, 3.63) is 34.7 Å². The van der Waals surface area contributed by atoms with Crippen LogP contribution in [0.5, 0.6) is 5.75 Å². The highest BCUT2D eigenvalue weighted by Gasteiger charge is 2.29. The number of ether oxygens (including phenoxy) is 2. The number of methoxy groups -OCH3 is 1. The van der Waals surface area contributed by atoms with Crippen molar-refractivity contribution in [1.82, 2.24) is 4.31 Å². The summed E-state index contributed by atoms with van der Waals surface area (Å²) in [7, 11) is -2.47. The fourth-order valence-electron chi connectivity index (χ4n) is 2.24. The highest BCUT2D eigenvalue weighted by Crippen LogP contribution is 2.29. The molecule has 0 saturated heterocycles. The van der Waals surface area contributed by atoms with Crippen molar-refractivity contribution in [1.29, 1.82) is 0 Å². The number of hydrogen-bond acceptors (Lipinski definition) is 5. The average Bonchev–Trinajstić information content (AvgIpc) is 2.73. The third kappa shape index (κ3) is 4.31. The molecule has 1 aliphatic rings. The van der Waals surface area contributed by atoms with Crippen LogP contribution < -0.4 is 4.74 Å². The monoisotopic (exact) mass is 341 g/mol. The van der Waals surface area contributed by atoms with Gasteiger partial charge in [-0.25, -0.2) is 8.42 Å². The first-order valence-corrected chi connectivity index (χ1v) is 8.52. The van der Waals surface area contributed by atoms with Crippen LogP contribution in [0, 0.1) is 0 Å². The molecule has 0 bridgehead atoms. The van der Waals surface area contributed by atoms with Gasteiger partial charge in [-0.2, -0.15) is 4.31 Å². The van der Waals surface area contributed by atoms with Gasteiger partial charge in [0, 0.05) is 25.6 Å². The normalized spacial score (nSPS) is 14.6. The lowest BCUT2D eigenvalue weighted by atomic mass is 10.2. The zero-order valence-electron chi connectivity index (χ0n) is 12.8. The first kappa shape index (κ1) is 17.5. The van der Waals surface area contributed by atoms with Gasteiger partial charge in [-0.05, 0) is 12.1 Å². The summed E-state index contributed by atoms with van der Waals surface area (Å²) in [6.45, 7) is -0.295. The Bertz CT molecular complexity index is 698. The summed E-state index contributed by atoms with van der Waals surface area (Å²) in [5, 5.41) is 8.97. The van der Waals surface area contributed by atoms with E-state index in [1.807, 2.05) is 6.07 Å². The zero-order valence-corrected chi connectivity index (χ0v) is 13.6. The lowest BCUT2D eigenvalue weighted by molar-refractivity contribution is -0.137. The van der Waals surface area contributed by atoms with E-state index in [9.17, 15) is 13.2 Å². The lowest BCUT2D eigenvalue weighted by Gasteiger charge is -2.21. The Morgan fingerprint density at radius 1 is 1.39 bits per heavy atom. The summed E-state index contributed by atoms with van der Waals surface area (Å²) in [5.74, 6) is -0.602. The van der Waals surface area contributed by atoms with Crippen molar-refractivity contribution in [2.75, 3.05) is 33.4 Å². The smallest absolute Gasteiger partial charge is 0.318 e. The Labute approximate surface area is 135 Å². The largest absolute Gasteiger partial charge is 0.493 e. The molecule has 1 aliphatic heterocycles. The van der Waals surface area contributed by atoms with E-state index in [4.69, 9.17) is 14.6 Å². The minimum atomic E-state index is -3.90. The van der Waals surface area contributed by atoms with Crippen molar-refractivity contribution >= 4 is 22.1 Å². The first-order valence-electron chi connectivity index (χ1n) is 7.08. The van der Waals surface area contributed by atoms with Crippen molar-refractivity contribution in [3.63, 3.8) is 0 Å². The van der Waals surface area contributed by atoms with Crippen LogP contribution in [0.1, 0.15) is 12.0 Å². The number of fused-ring (bicyclic) bond motifs is 1. The average molecular weight is 341 g/mol. The Morgan fingerprint density at radius 3 is 2.83 bits per heavy atom. The van der Waals surface area contributed by atoms with Gasteiger partial charge in [0.15, 0.2) is 0 Å². The van der Waals surface area contributed by atoms with E-state index in [0.29, 0.717) is 11.3 Å². The number of benzene rings is 1. The molecule has 0 fully saturated rings. The Hall–Kier alpha value is -1.90. The van der Waals surface area contributed by atoms with E-state index in [1.165, 1.54) is 7.11 Å². The van der Waals surface area contributed by atoms with Crippen LogP contribution in [0.15, 0.2) is 29.2 Å². The van der Waals surface area contributed by atoms with E-state index in [-0.39, 0.29) is 31.1 Å². The summed E-state index contributed by atoms with van der Waals surface area (Å²) in [6.07, 6.45) is 1.72. The van der Waals surface area contributed by atoms with Gasteiger partial charge in [-0.15, -0.1) is 0 Å². The number of sulfonamides is 1. The summed E-state index contributed by atoms with van der Waals surface area (Å²) >= 11 is 0. The third-order valence-corrected chi connectivity index (χ3v) is 5.35. The number of carboxylic acids is 1. The molecule has 1 heterocycles. The molecule has 0 aromatic heterocycles. The van der Waals surface area contributed by atoms with Gasteiger partial charge in [0.1, 0.15) is 12.3 Å². The molecule has 0 unspecified atom stereocenters. The second-order valence-electron chi connectivity index (χ2n) is 4.97. The van der Waals surface area contributed by atoms with Crippen LogP contribution in [0.4, 0.5) is 0 Å². The van der Waals surface area contributed by atoms with E-state index in [1.54, 1.807) is 24.3 Å². The highest BCUT2D eigenvalue weighted by molar-refractivity contribution is 7.93. The maximum Gasteiger partial charge on any atom is 0.318 e. The first-order chi connectivity index (χ1) is 10.9. The second-order valence-corrected chi connectivity index (χ2v) is 6.96. The topological polar surface area (TPSA) is 93.1 Å². The fraction of sp³-hybridized carbons (Fsp3) is 0.400. The van der Waals surface area contributed by atoms with Crippen molar-refractivity contribution in [2.24, 2.45) is 0 Å². The number of para-hydroxylation sites is 1. The van der Waals surface area contributed by atoms with Crippen molar-refractivity contribution in [2.45, 2.75) is 6.42 Å². The lowest BCUT2D eigenvalue weighted by Crippen LogP contribution is -2.38. The maximum absolute atomic E-state index is 12.8. The molecule has 1 aromatic carbocycles. The number of rotatable bonds is 7. The van der Waals surface area contributed by atoms with E-state index < -0.39 is 22.5 Å². The minimum Gasteiger partial charge on any atom is -0.493 e. The van der Waals surface area contributed by atoms with E-state index in [0.717, 1.165) is 4.31 Å². The van der Waals surface area contributed by atoms with Gasteiger partial charge < -0.3 is 14.6 Å². The SMILES string of the molecule is COCCN(CC(=O)O)S(=O)(=O)C1=Cc2ccccc2OCC1. The molecule has 23 heavy (non-hydrogen) atoms. The predicted octanol–water partition coefficient (Wildman–Crippen LogP) is 1.17. The Morgan fingerprint density at radius 2 is 2.13 bits per heavy atom. The van der Waals surface area contributed by atoms with Gasteiger partial charge in [0.25, 0.3) is 0 Å². The van der Waals surface area contributed by atoms with Crippen LogP contribution in [-0.4, -0.2) is 57.2 Å². The van der Waals surface area contributed by atoms with Crippen LogP contribution in [0.3, 0.4) is 0 Å². The molecule has 7 nitrogen and oxygen atoms in total. The molecule has 1 N–H and O–H groups in total. The molecule has 1 aromatic rings. The van der Waals surface area contributed by atoms with Crippen LogP contribution in [0.25, 0.3) is 6.08 Å². The number of hydrogen-bond donors (Lipinski definition) is 1. The van der Waals surface area contributed by atoms with Gasteiger partial charge in [-0.1, -0.05) is 18.2 Å². The Kier molecular flexibility index (Phi) is 5.75. The molecule has 8 heteroatoms. The molecule has 0 saturated carbocycles. The Balaban J connectivity index is 2.36. The summed E-state index contributed by atoms with van der Waals surface area (Å²) in [5.41, 5.74) is 0.658. The minimum absolute atomic E-state index is 0.0228. The molecule has 126 valence electrons. The van der Waals surface area contributed by atoms with Crippen molar-refractivity contribution in [3.8, 4) is 5.75 Å². The van der Waals surface area contributed by atoms with Crippen molar-refractivity contribution < 1.29 is 27.8 Å².